The third-order valence-corrected chi connectivity index (χ3v) is 2.06. The van der Waals surface area contributed by atoms with Crippen LogP contribution in [0.3, 0.4) is 0 Å². The summed E-state index contributed by atoms with van der Waals surface area (Å²) < 4.78 is 1.42. The number of hydrogen-bond acceptors (Lipinski definition) is 2. The molecule has 0 bridgehead atoms. The summed E-state index contributed by atoms with van der Waals surface area (Å²) in [6.45, 7) is 4.04. The smallest absolute Gasteiger partial charge is 0.269 e. The summed E-state index contributed by atoms with van der Waals surface area (Å²) in [5, 5.41) is 0.542. The number of nitrogens with two attached hydrogens (primary N) is 1. The topological polar surface area (TPSA) is 48.0 Å². The summed E-state index contributed by atoms with van der Waals surface area (Å²) >= 11 is 11.5. The fourth-order valence-electron chi connectivity index (χ4n) is 1.12. The van der Waals surface area contributed by atoms with E-state index in [4.69, 9.17) is 28.9 Å². The molecule has 0 aliphatic rings. The van der Waals surface area contributed by atoms with E-state index < -0.39 is 5.54 Å². The van der Waals surface area contributed by atoms with Crippen LogP contribution in [0.25, 0.3) is 0 Å². The lowest BCUT2D eigenvalue weighted by molar-refractivity contribution is 0.426. The van der Waals surface area contributed by atoms with E-state index >= 15 is 0 Å². The van der Waals surface area contributed by atoms with E-state index in [-0.39, 0.29) is 10.6 Å². The molecule has 3 nitrogen and oxygen atoms in total. The first-order valence-corrected chi connectivity index (χ1v) is 4.89. The van der Waals surface area contributed by atoms with Gasteiger partial charge >= 0.3 is 0 Å². The molecule has 1 aromatic heterocycles. The van der Waals surface area contributed by atoms with Crippen LogP contribution in [0.4, 0.5) is 0 Å². The van der Waals surface area contributed by atoms with E-state index in [0.717, 1.165) is 0 Å². The lowest BCUT2D eigenvalue weighted by Crippen LogP contribution is -2.40. The minimum absolute atomic E-state index is 0.113. The molecule has 2 N–H and O–H groups in total. The molecule has 1 heterocycles. The molecule has 0 atom stereocenters. The van der Waals surface area contributed by atoms with Crippen molar-refractivity contribution in [1.29, 1.82) is 0 Å². The Labute approximate surface area is 92.4 Å². The zero-order chi connectivity index (χ0) is 10.9. The van der Waals surface area contributed by atoms with Crippen LogP contribution in [-0.2, 0) is 6.54 Å². The van der Waals surface area contributed by atoms with Gasteiger partial charge in [0.2, 0.25) is 0 Å². The van der Waals surface area contributed by atoms with E-state index in [1.54, 1.807) is 0 Å². The van der Waals surface area contributed by atoms with Crippen molar-refractivity contribution >= 4 is 23.2 Å². The third kappa shape index (κ3) is 3.01. The van der Waals surface area contributed by atoms with Crippen LogP contribution in [0.2, 0.25) is 10.0 Å². The average molecular weight is 235 g/mol. The Morgan fingerprint density at radius 2 is 2.07 bits per heavy atom. The van der Waals surface area contributed by atoms with Crippen LogP contribution in [0.1, 0.15) is 13.8 Å². The Kier molecular flexibility index (Phi) is 3.24. The zero-order valence-corrected chi connectivity index (χ0v) is 9.56. The number of halogens is 2. The number of aromatic nitrogens is 1. The molecule has 0 aliphatic heterocycles. The zero-order valence-electron chi connectivity index (χ0n) is 8.05. The van der Waals surface area contributed by atoms with E-state index in [1.807, 2.05) is 13.8 Å². The van der Waals surface area contributed by atoms with Gasteiger partial charge in [-0.1, -0.05) is 23.2 Å². The predicted octanol–water partition coefficient (Wildman–Crippen LogP) is 1.89. The molecule has 0 aromatic carbocycles. The van der Waals surface area contributed by atoms with Crippen LogP contribution < -0.4 is 11.3 Å². The van der Waals surface area contributed by atoms with Gasteiger partial charge in [-0.05, 0) is 19.9 Å². The van der Waals surface area contributed by atoms with Crippen molar-refractivity contribution in [3.63, 3.8) is 0 Å². The molecule has 0 fully saturated rings. The van der Waals surface area contributed by atoms with Crippen molar-refractivity contribution in [2.24, 2.45) is 5.73 Å². The molecule has 14 heavy (non-hydrogen) atoms. The average Bonchev–Trinajstić information content (AvgIpc) is 1.96. The second kappa shape index (κ2) is 3.93. The number of rotatable bonds is 2. The SMILES string of the molecule is CC(C)(N)Cn1cc(Cl)cc(Cl)c1=O. The number of hydrogen-bond donors (Lipinski definition) is 1. The van der Waals surface area contributed by atoms with Gasteiger partial charge in [0.05, 0.1) is 5.02 Å². The normalized spacial score (nSPS) is 11.8. The number of pyridine rings is 1. The third-order valence-electron chi connectivity index (χ3n) is 1.59. The molecular formula is C9H12Cl2N2O. The minimum atomic E-state index is -0.474. The Morgan fingerprint density at radius 1 is 1.50 bits per heavy atom. The van der Waals surface area contributed by atoms with Gasteiger partial charge in [-0.3, -0.25) is 4.79 Å². The summed E-state index contributed by atoms with van der Waals surface area (Å²) in [7, 11) is 0. The minimum Gasteiger partial charge on any atom is -0.324 e. The lowest BCUT2D eigenvalue weighted by atomic mass is 10.1. The molecule has 0 unspecified atom stereocenters. The molecule has 0 saturated carbocycles. The molecule has 0 aliphatic carbocycles. The van der Waals surface area contributed by atoms with E-state index in [1.165, 1.54) is 16.8 Å². The van der Waals surface area contributed by atoms with Crippen LogP contribution >= 0.6 is 23.2 Å². The van der Waals surface area contributed by atoms with Gasteiger partial charge in [0, 0.05) is 18.3 Å². The largest absolute Gasteiger partial charge is 0.324 e. The first-order valence-electron chi connectivity index (χ1n) is 4.14. The van der Waals surface area contributed by atoms with Crippen molar-refractivity contribution in [3.8, 4) is 0 Å². The van der Waals surface area contributed by atoms with Crippen LogP contribution in [-0.4, -0.2) is 10.1 Å². The molecule has 0 saturated heterocycles. The molecule has 1 aromatic rings. The van der Waals surface area contributed by atoms with Gasteiger partial charge in [-0.15, -0.1) is 0 Å². The standard InChI is InChI=1S/C9H12Cl2N2O/c1-9(2,12)5-13-4-6(10)3-7(11)8(13)14/h3-4H,5,12H2,1-2H3. The van der Waals surface area contributed by atoms with Crippen molar-refractivity contribution < 1.29 is 0 Å². The maximum atomic E-state index is 11.5. The van der Waals surface area contributed by atoms with Gasteiger partial charge in [0.1, 0.15) is 5.02 Å². The van der Waals surface area contributed by atoms with Gasteiger partial charge in [0.25, 0.3) is 5.56 Å². The molecule has 0 spiro atoms. The summed E-state index contributed by atoms with van der Waals surface area (Å²) in [6.07, 6.45) is 1.53. The van der Waals surface area contributed by atoms with Gasteiger partial charge in [-0.2, -0.15) is 0 Å². The highest BCUT2D eigenvalue weighted by atomic mass is 35.5. The van der Waals surface area contributed by atoms with E-state index in [0.29, 0.717) is 11.6 Å². The molecule has 78 valence electrons. The summed E-state index contributed by atoms with van der Waals surface area (Å²) in [5.74, 6) is 0. The van der Waals surface area contributed by atoms with Crippen molar-refractivity contribution in [3.05, 3.63) is 32.7 Å². The molecule has 1 rings (SSSR count). The fourth-order valence-corrected chi connectivity index (χ4v) is 1.63. The van der Waals surface area contributed by atoms with Crippen LogP contribution in [0, 0.1) is 0 Å². The quantitative estimate of drug-likeness (QED) is 0.850. The first kappa shape index (κ1) is 11.6. The summed E-state index contributed by atoms with van der Waals surface area (Å²) in [4.78, 5) is 11.5. The van der Waals surface area contributed by atoms with Crippen molar-refractivity contribution in [2.75, 3.05) is 0 Å². The molecule has 0 radical (unpaired) electrons. The maximum absolute atomic E-state index is 11.5. The van der Waals surface area contributed by atoms with Gasteiger partial charge in [0.15, 0.2) is 0 Å². The maximum Gasteiger partial charge on any atom is 0.269 e. The fraction of sp³-hybridized carbons (Fsp3) is 0.444. The van der Waals surface area contributed by atoms with Gasteiger partial charge < -0.3 is 10.3 Å². The highest BCUT2D eigenvalue weighted by Crippen LogP contribution is 2.12. The predicted molar refractivity (Wildman–Crippen MR) is 59.0 cm³/mol. The lowest BCUT2D eigenvalue weighted by Gasteiger charge is -2.20. The molecular weight excluding hydrogens is 223 g/mol. The van der Waals surface area contributed by atoms with E-state index in [2.05, 4.69) is 0 Å². The Hall–Kier alpha value is -0.510. The highest BCUT2D eigenvalue weighted by molar-refractivity contribution is 6.34. The Bertz CT molecular complexity index is 393. The van der Waals surface area contributed by atoms with Crippen LogP contribution in [0.5, 0.6) is 0 Å². The molecule has 0 amide bonds. The second-order valence-electron chi connectivity index (χ2n) is 3.93. The summed E-state index contributed by atoms with van der Waals surface area (Å²) in [5.41, 5.74) is 5.05. The number of nitrogens with zero attached hydrogens (tertiary/aromatic N) is 1. The van der Waals surface area contributed by atoms with Crippen molar-refractivity contribution in [1.82, 2.24) is 4.57 Å². The summed E-state index contributed by atoms with van der Waals surface area (Å²) in [6, 6.07) is 1.42. The molecule has 5 heteroatoms. The van der Waals surface area contributed by atoms with Crippen LogP contribution in [0.15, 0.2) is 17.1 Å². The van der Waals surface area contributed by atoms with Gasteiger partial charge in [-0.25, -0.2) is 0 Å². The van der Waals surface area contributed by atoms with Crippen molar-refractivity contribution in [2.45, 2.75) is 25.9 Å². The highest BCUT2D eigenvalue weighted by Gasteiger charge is 2.13. The first-order chi connectivity index (χ1) is 6.29. The van der Waals surface area contributed by atoms with E-state index in [9.17, 15) is 4.79 Å². The Morgan fingerprint density at radius 3 is 2.57 bits per heavy atom. The second-order valence-corrected chi connectivity index (χ2v) is 4.77. The monoisotopic (exact) mass is 234 g/mol. The Balaban J connectivity index is 3.16.